The summed E-state index contributed by atoms with van der Waals surface area (Å²) in [5.74, 6) is -1.75. The molecule has 108 valence electrons. The fourth-order valence-electron chi connectivity index (χ4n) is 2.47. The minimum absolute atomic E-state index is 0.0246. The summed E-state index contributed by atoms with van der Waals surface area (Å²) in [6, 6.07) is 5.63. The summed E-state index contributed by atoms with van der Waals surface area (Å²) >= 11 is 0. The Balaban J connectivity index is 2.33. The lowest BCUT2D eigenvalue weighted by Crippen LogP contribution is -2.34. The molecule has 1 saturated heterocycles. The first-order valence-electron chi connectivity index (χ1n) is 5.91. The Morgan fingerprint density at radius 2 is 2.15 bits per heavy atom. The largest absolute Gasteiger partial charge is 0.481 e. The van der Waals surface area contributed by atoms with Crippen molar-refractivity contribution in [2.24, 2.45) is 5.41 Å². The SMILES string of the molecule is O=C(O)C1(Cc2cccc([N+](=O)[O-])c2)CCS(=O)(=O)C1. The number of nitro groups is 1. The molecule has 20 heavy (non-hydrogen) atoms. The van der Waals surface area contributed by atoms with Gasteiger partial charge in [-0.3, -0.25) is 14.9 Å². The van der Waals surface area contributed by atoms with Crippen LogP contribution in [0.1, 0.15) is 12.0 Å². The number of aliphatic carboxylic acids is 1. The van der Waals surface area contributed by atoms with Gasteiger partial charge in [0.2, 0.25) is 0 Å². The average Bonchev–Trinajstić information content (AvgIpc) is 2.66. The lowest BCUT2D eigenvalue weighted by atomic mass is 9.81. The molecule has 1 aliphatic rings. The number of benzene rings is 1. The van der Waals surface area contributed by atoms with Gasteiger partial charge in [0.25, 0.3) is 5.69 Å². The summed E-state index contributed by atoms with van der Waals surface area (Å²) in [5.41, 5.74) is -1.06. The number of rotatable bonds is 4. The minimum Gasteiger partial charge on any atom is -0.481 e. The van der Waals surface area contributed by atoms with E-state index in [1.807, 2.05) is 0 Å². The van der Waals surface area contributed by atoms with Gasteiger partial charge in [-0.05, 0) is 18.4 Å². The van der Waals surface area contributed by atoms with E-state index >= 15 is 0 Å². The summed E-state index contributed by atoms with van der Waals surface area (Å²) in [7, 11) is -3.36. The average molecular weight is 299 g/mol. The highest BCUT2D eigenvalue weighted by Crippen LogP contribution is 2.36. The van der Waals surface area contributed by atoms with Crippen LogP contribution in [0.25, 0.3) is 0 Å². The van der Waals surface area contributed by atoms with Crippen LogP contribution in [0.3, 0.4) is 0 Å². The monoisotopic (exact) mass is 299 g/mol. The van der Waals surface area contributed by atoms with Crippen molar-refractivity contribution >= 4 is 21.5 Å². The van der Waals surface area contributed by atoms with Gasteiger partial charge in [0.05, 0.1) is 21.8 Å². The first-order chi connectivity index (χ1) is 9.24. The highest BCUT2D eigenvalue weighted by molar-refractivity contribution is 7.91. The molecule has 1 N–H and O–H groups in total. The summed E-state index contributed by atoms with van der Waals surface area (Å²) < 4.78 is 23.1. The van der Waals surface area contributed by atoms with E-state index in [0.717, 1.165) is 0 Å². The summed E-state index contributed by atoms with van der Waals surface area (Å²) in [6.45, 7) is 0. The van der Waals surface area contributed by atoms with Crippen molar-refractivity contribution in [1.82, 2.24) is 0 Å². The molecule has 7 nitrogen and oxygen atoms in total. The third kappa shape index (κ3) is 2.79. The molecule has 1 atom stereocenters. The van der Waals surface area contributed by atoms with Crippen molar-refractivity contribution in [1.29, 1.82) is 0 Å². The van der Waals surface area contributed by atoms with E-state index in [1.165, 1.54) is 18.2 Å². The maximum Gasteiger partial charge on any atom is 0.311 e. The molecule has 1 unspecified atom stereocenters. The molecule has 0 saturated carbocycles. The van der Waals surface area contributed by atoms with Crippen LogP contribution in [0.5, 0.6) is 0 Å². The predicted octanol–water partition coefficient (Wildman–Crippen LogP) is 1.03. The molecule has 8 heteroatoms. The van der Waals surface area contributed by atoms with Crippen LogP contribution in [0.4, 0.5) is 5.69 Å². The molecular formula is C12H13NO6S. The fourth-order valence-corrected chi connectivity index (χ4v) is 4.53. The van der Waals surface area contributed by atoms with Gasteiger partial charge in [0.15, 0.2) is 9.84 Å². The van der Waals surface area contributed by atoms with Crippen molar-refractivity contribution in [2.45, 2.75) is 12.8 Å². The Morgan fingerprint density at radius 3 is 2.65 bits per heavy atom. The molecule has 0 radical (unpaired) electrons. The number of sulfone groups is 1. The van der Waals surface area contributed by atoms with Crippen molar-refractivity contribution in [2.75, 3.05) is 11.5 Å². The van der Waals surface area contributed by atoms with Gasteiger partial charge < -0.3 is 5.11 Å². The van der Waals surface area contributed by atoms with Gasteiger partial charge in [-0.2, -0.15) is 0 Å². The quantitative estimate of drug-likeness (QED) is 0.656. The Morgan fingerprint density at radius 1 is 1.45 bits per heavy atom. The van der Waals surface area contributed by atoms with E-state index in [2.05, 4.69) is 0 Å². The number of carbonyl (C=O) groups is 1. The molecule has 1 aromatic rings. The summed E-state index contributed by atoms with van der Waals surface area (Å²) in [5, 5.41) is 20.0. The third-order valence-electron chi connectivity index (χ3n) is 3.51. The van der Waals surface area contributed by atoms with E-state index < -0.39 is 31.9 Å². The maximum atomic E-state index is 11.5. The number of nitrogens with zero attached hydrogens (tertiary/aromatic N) is 1. The van der Waals surface area contributed by atoms with Crippen LogP contribution < -0.4 is 0 Å². The Kier molecular flexibility index (Phi) is 3.51. The molecular weight excluding hydrogens is 286 g/mol. The Bertz CT molecular complexity index is 668. The fraction of sp³-hybridized carbons (Fsp3) is 0.417. The second-order valence-electron chi connectivity index (χ2n) is 5.03. The third-order valence-corrected chi connectivity index (χ3v) is 5.32. The van der Waals surface area contributed by atoms with E-state index in [0.29, 0.717) is 5.56 Å². The molecule has 1 fully saturated rings. The van der Waals surface area contributed by atoms with Gasteiger partial charge in [0.1, 0.15) is 0 Å². The standard InChI is InChI=1S/C12H13NO6S/c14-11(15)12(4-5-20(18,19)8-12)7-9-2-1-3-10(6-9)13(16)17/h1-3,6H,4-5,7-8H2,(H,14,15). The van der Waals surface area contributed by atoms with Crippen molar-refractivity contribution < 1.29 is 23.2 Å². The summed E-state index contributed by atoms with van der Waals surface area (Å²) in [6.07, 6.45) is 0.0105. The second kappa shape index (κ2) is 4.86. The predicted molar refractivity (Wildman–Crippen MR) is 70.1 cm³/mol. The molecule has 1 aliphatic heterocycles. The zero-order chi connectivity index (χ0) is 15.0. The molecule has 0 aliphatic carbocycles. The van der Waals surface area contributed by atoms with Crippen molar-refractivity contribution in [3.8, 4) is 0 Å². The highest BCUT2D eigenvalue weighted by Gasteiger charge is 2.48. The molecule has 2 rings (SSSR count). The molecule has 0 bridgehead atoms. The van der Waals surface area contributed by atoms with Crippen molar-refractivity contribution in [3.63, 3.8) is 0 Å². The van der Waals surface area contributed by atoms with Gasteiger partial charge in [-0.1, -0.05) is 12.1 Å². The molecule has 0 spiro atoms. The van der Waals surface area contributed by atoms with Crippen LogP contribution in [-0.2, 0) is 21.1 Å². The first kappa shape index (κ1) is 14.4. The lowest BCUT2D eigenvalue weighted by Gasteiger charge is -2.22. The topological polar surface area (TPSA) is 115 Å². The van der Waals surface area contributed by atoms with Gasteiger partial charge in [0, 0.05) is 12.1 Å². The van der Waals surface area contributed by atoms with E-state index in [-0.39, 0.29) is 24.3 Å². The van der Waals surface area contributed by atoms with E-state index in [9.17, 15) is 28.4 Å². The maximum absolute atomic E-state index is 11.5. The van der Waals surface area contributed by atoms with E-state index in [4.69, 9.17) is 0 Å². The number of hydrogen-bond acceptors (Lipinski definition) is 5. The first-order valence-corrected chi connectivity index (χ1v) is 7.73. The van der Waals surface area contributed by atoms with Gasteiger partial charge in [-0.25, -0.2) is 8.42 Å². The normalized spacial score (nSPS) is 24.4. The van der Waals surface area contributed by atoms with Gasteiger partial charge in [-0.15, -0.1) is 0 Å². The van der Waals surface area contributed by atoms with Crippen LogP contribution in [0.2, 0.25) is 0 Å². The van der Waals surface area contributed by atoms with Crippen LogP contribution in [-0.4, -0.2) is 35.9 Å². The van der Waals surface area contributed by atoms with Crippen LogP contribution >= 0.6 is 0 Å². The number of carboxylic acid groups (broad SMARTS) is 1. The van der Waals surface area contributed by atoms with Crippen LogP contribution in [0, 0.1) is 15.5 Å². The number of non-ortho nitro benzene ring substituents is 1. The Labute approximate surface area is 115 Å². The zero-order valence-electron chi connectivity index (χ0n) is 10.5. The smallest absolute Gasteiger partial charge is 0.311 e. The number of carboxylic acids is 1. The van der Waals surface area contributed by atoms with E-state index in [1.54, 1.807) is 6.07 Å². The minimum atomic E-state index is -3.36. The highest BCUT2D eigenvalue weighted by atomic mass is 32.2. The molecule has 0 aromatic heterocycles. The molecule has 1 aromatic carbocycles. The zero-order valence-corrected chi connectivity index (χ0v) is 11.3. The lowest BCUT2D eigenvalue weighted by molar-refractivity contribution is -0.384. The molecule has 1 heterocycles. The Hall–Kier alpha value is -1.96. The number of hydrogen-bond donors (Lipinski definition) is 1. The van der Waals surface area contributed by atoms with Gasteiger partial charge >= 0.3 is 5.97 Å². The summed E-state index contributed by atoms with van der Waals surface area (Å²) in [4.78, 5) is 21.6. The van der Waals surface area contributed by atoms with Crippen molar-refractivity contribution in [3.05, 3.63) is 39.9 Å². The van der Waals surface area contributed by atoms with Crippen LogP contribution in [0.15, 0.2) is 24.3 Å². The second-order valence-corrected chi connectivity index (χ2v) is 7.22. The molecule has 0 amide bonds. The number of nitro benzene ring substituents is 1.